The Kier molecular flexibility index (Phi) is 24.5. The molecule has 1 rings (SSSR count). The predicted molar refractivity (Wildman–Crippen MR) is 216 cm³/mol. The molecule has 8 atom stereocenters. The summed E-state index contributed by atoms with van der Waals surface area (Å²) in [5.74, 6) is 1.73. The van der Waals surface area contributed by atoms with Crippen molar-refractivity contribution in [2.75, 3.05) is 59.5 Å². The van der Waals surface area contributed by atoms with E-state index in [1.54, 1.807) is 0 Å². The number of hydrogen-bond acceptors (Lipinski definition) is 8. The molecule has 1 heterocycles. The van der Waals surface area contributed by atoms with Gasteiger partial charge in [-0.2, -0.15) is 0 Å². The van der Waals surface area contributed by atoms with Gasteiger partial charge in [-0.1, -0.05) is 80.1 Å². The van der Waals surface area contributed by atoms with Crippen molar-refractivity contribution in [2.45, 2.75) is 195 Å². The molecule has 0 spiro atoms. The summed E-state index contributed by atoms with van der Waals surface area (Å²) in [5.41, 5.74) is -0.403. The molecular weight excluding hydrogens is 622 g/mol. The summed E-state index contributed by atoms with van der Waals surface area (Å²) < 4.78 is 19.7. The molecule has 0 aliphatic carbocycles. The maximum atomic E-state index is 6.82. The molecule has 0 radical (unpaired) electrons. The highest BCUT2D eigenvalue weighted by molar-refractivity contribution is 4.86. The minimum absolute atomic E-state index is 0.0463. The van der Waals surface area contributed by atoms with E-state index in [-0.39, 0.29) is 29.4 Å². The molecule has 300 valence electrons. The van der Waals surface area contributed by atoms with Gasteiger partial charge in [-0.15, -0.1) is 0 Å². The average Bonchev–Trinajstić information content (AvgIpc) is 3.02. The normalized spacial score (nSPS) is 28.1. The summed E-state index contributed by atoms with van der Waals surface area (Å²) in [6.07, 6.45) is 11.5. The zero-order valence-corrected chi connectivity index (χ0v) is 35.9. The maximum absolute atomic E-state index is 6.82. The number of ether oxygens (including phenoxy) is 3. The van der Waals surface area contributed by atoms with Crippen LogP contribution in [0, 0.1) is 17.8 Å². The van der Waals surface area contributed by atoms with E-state index in [1.165, 1.54) is 38.5 Å². The summed E-state index contributed by atoms with van der Waals surface area (Å²) in [5, 5.41) is 15.7. The fourth-order valence-electron chi connectivity index (χ4n) is 7.15. The van der Waals surface area contributed by atoms with Gasteiger partial charge in [-0.3, -0.25) is 0 Å². The molecule has 0 aromatic rings. The van der Waals surface area contributed by atoms with Gasteiger partial charge >= 0.3 is 0 Å². The van der Waals surface area contributed by atoms with Crippen molar-refractivity contribution in [3.63, 3.8) is 0 Å². The lowest BCUT2D eigenvalue weighted by Crippen LogP contribution is -2.56. The van der Waals surface area contributed by atoms with Crippen molar-refractivity contribution >= 4 is 0 Å². The van der Waals surface area contributed by atoms with E-state index in [4.69, 9.17) is 14.2 Å². The quantitative estimate of drug-likeness (QED) is 0.129. The highest BCUT2D eigenvalue weighted by atomic mass is 16.5. The van der Waals surface area contributed by atoms with Crippen LogP contribution in [-0.2, 0) is 14.2 Å². The first kappa shape index (κ1) is 47.7. The van der Waals surface area contributed by atoms with E-state index < -0.39 is 0 Å². The van der Waals surface area contributed by atoms with Gasteiger partial charge in [0.25, 0.3) is 0 Å². The second kappa shape index (κ2) is 25.7. The van der Waals surface area contributed by atoms with Gasteiger partial charge in [0, 0.05) is 63.4 Å². The first-order valence-electron chi connectivity index (χ1n) is 21.0. The van der Waals surface area contributed by atoms with Crippen molar-refractivity contribution in [1.82, 2.24) is 26.2 Å². The molecule has 0 bridgehead atoms. The summed E-state index contributed by atoms with van der Waals surface area (Å²) in [4.78, 5) is 2.66. The topological polar surface area (TPSA) is 79.0 Å². The molecule has 0 amide bonds. The van der Waals surface area contributed by atoms with Crippen molar-refractivity contribution in [2.24, 2.45) is 17.8 Å². The Labute approximate surface area is 312 Å². The first-order chi connectivity index (χ1) is 23.5. The van der Waals surface area contributed by atoms with Crippen LogP contribution in [0.15, 0.2) is 0 Å². The van der Waals surface area contributed by atoms with E-state index in [0.717, 1.165) is 65.1 Å². The van der Waals surface area contributed by atoms with Crippen LogP contribution in [0.5, 0.6) is 0 Å². The zero-order chi connectivity index (χ0) is 37.7. The van der Waals surface area contributed by atoms with Crippen molar-refractivity contribution in [3.05, 3.63) is 0 Å². The minimum atomic E-state index is -0.211. The fourth-order valence-corrected chi connectivity index (χ4v) is 7.15. The van der Waals surface area contributed by atoms with Gasteiger partial charge in [0.1, 0.15) is 0 Å². The summed E-state index contributed by atoms with van der Waals surface area (Å²) in [6, 6.07) is 1.19. The Morgan fingerprint density at radius 2 is 1.48 bits per heavy atom. The van der Waals surface area contributed by atoms with Gasteiger partial charge in [0.05, 0.1) is 36.6 Å². The van der Waals surface area contributed by atoms with E-state index in [0.29, 0.717) is 42.5 Å². The summed E-state index contributed by atoms with van der Waals surface area (Å²) >= 11 is 0. The van der Waals surface area contributed by atoms with Crippen LogP contribution in [0.4, 0.5) is 0 Å². The average molecular weight is 712 g/mol. The van der Waals surface area contributed by atoms with Crippen molar-refractivity contribution < 1.29 is 14.2 Å². The first-order valence-corrected chi connectivity index (χ1v) is 21.0. The summed E-state index contributed by atoms with van der Waals surface area (Å²) in [6.45, 7) is 36.1. The fraction of sp³-hybridized carbons (Fsp3) is 1.00. The van der Waals surface area contributed by atoms with Gasteiger partial charge < -0.3 is 40.4 Å². The molecule has 1 aliphatic heterocycles. The Hall–Kier alpha value is -0.320. The molecule has 1 aliphatic rings. The van der Waals surface area contributed by atoms with E-state index >= 15 is 0 Å². The SMILES string of the molecule is CCCCCCC[C@H]1OCCNC[C@@H]([C@H](C)OC(C)(C)C)NC[C@@H](COC(C)(C)C)NC[C@H]([C@H](C)CC)NC[C@H](CC(C)C)N(C)C[C@H]1CC. The molecule has 1 fully saturated rings. The highest BCUT2D eigenvalue weighted by Crippen LogP contribution is 2.23. The third kappa shape index (κ3) is 22.0. The highest BCUT2D eigenvalue weighted by Gasteiger charge is 2.29. The standard InChI is InChI=1S/C42H89N5O3/c1-15-18-19-20-21-22-40-35(17-3)30-47(14)37(25-32(4)5)27-46-38(33(6)16-2)29-44-36(31-49-41(8,9)10)26-45-39(28-43-23-24-48-40)34(7)50-42(11,12)13/h32-40,43-46H,15-31H2,1-14H3/t33-,34+,35-,36+,37+,38-,39+,40-/m1/s1. The lowest BCUT2D eigenvalue weighted by atomic mass is 9.92. The molecule has 4 N–H and O–H groups in total. The minimum Gasteiger partial charge on any atom is -0.377 e. The number of likely N-dealkylation sites (N-methyl/N-ethyl adjacent to an activating group) is 1. The molecule has 8 nitrogen and oxygen atoms in total. The van der Waals surface area contributed by atoms with Crippen LogP contribution in [0.1, 0.15) is 148 Å². The lowest BCUT2D eigenvalue weighted by molar-refractivity contribution is -0.0673. The third-order valence-electron chi connectivity index (χ3n) is 10.5. The van der Waals surface area contributed by atoms with Crippen LogP contribution in [0.3, 0.4) is 0 Å². The monoisotopic (exact) mass is 712 g/mol. The number of nitrogens with one attached hydrogen (secondary N) is 4. The maximum Gasteiger partial charge on any atom is 0.0719 e. The van der Waals surface area contributed by atoms with E-state index in [2.05, 4.69) is 123 Å². The van der Waals surface area contributed by atoms with Gasteiger partial charge in [-0.05, 0) is 92.5 Å². The summed E-state index contributed by atoms with van der Waals surface area (Å²) in [7, 11) is 2.36. The largest absolute Gasteiger partial charge is 0.377 e. The zero-order valence-electron chi connectivity index (χ0n) is 35.9. The van der Waals surface area contributed by atoms with Crippen molar-refractivity contribution in [3.8, 4) is 0 Å². The van der Waals surface area contributed by atoms with Gasteiger partial charge in [0.15, 0.2) is 0 Å². The van der Waals surface area contributed by atoms with E-state index in [1.807, 2.05) is 0 Å². The number of nitrogens with zero attached hydrogens (tertiary/aromatic N) is 1. The molecule has 0 unspecified atom stereocenters. The van der Waals surface area contributed by atoms with Crippen LogP contribution in [-0.4, -0.2) is 112 Å². The van der Waals surface area contributed by atoms with Gasteiger partial charge in [-0.25, -0.2) is 0 Å². The molecular formula is C42H89N5O3. The number of unbranched alkanes of at least 4 members (excludes halogenated alkanes) is 4. The smallest absolute Gasteiger partial charge is 0.0719 e. The van der Waals surface area contributed by atoms with Crippen LogP contribution < -0.4 is 21.3 Å². The van der Waals surface area contributed by atoms with Gasteiger partial charge in [0.2, 0.25) is 0 Å². The van der Waals surface area contributed by atoms with Crippen LogP contribution in [0.2, 0.25) is 0 Å². The third-order valence-corrected chi connectivity index (χ3v) is 10.5. The number of rotatable bonds is 15. The molecule has 50 heavy (non-hydrogen) atoms. The van der Waals surface area contributed by atoms with E-state index in [9.17, 15) is 0 Å². The molecule has 0 saturated carbocycles. The molecule has 1 saturated heterocycles. The van der Waals surface area contributed by atoms with Crippen LogP contribution >= 0.6 is 0 Å². The van der Waals surface area contributed by atoms with Crippen molar-refractivity contribution in [1.29, 1.82) is 0 Å². The number of hydrogen-bond donors (Lipinski definition) is 4. The lowest BCUT2D eigenvalue weighted by Gasteiger charge is -2.37. The Morgan fingerprint density at radius 3 is 2.08 bits per heavy atom. The predicted octanol–water partition coefficient (Wildman–Crippen LogP) is 7.65. The Bertz CT molecular complexity index is 816. The second-order valence-electron chi connectivity index (χ2n) is 18.1. The molecule has 8 heteroatoms. The molecule has 0 aromatic heterocycles. The second-order valence-corrected chi connectivity index (χ2v) is 18.1. The Morgan fingerprint density at radius 1 is 0.800 bits per heavy atom. The van der Waals surface area contributed by atoms with Crippen LogP contribution in [0.25, 0.3) is 0 Å². The Balaban J connectivity index is 3.37. The molecule has 0 aromatic carbocycles.